The van der Waals surface area contributed by atoms with Gasteiger partial charge in [-0.3, -0.25) is 15.2 Å². The minimum atomic E-state index is -0.160. The molecule has 0 bridgehead atoms. The fourth-order valence-electron chi connectivity index (χ4n) is 3.35. The molecule has 0 fully saturated rings. The molecule has 6 nitrogen and oxygen atoms in total. The van der Waals surface area contributed by atoms with Crippen molar-refractivity contribution in [3.05, 3.63) is 96.2 Å². The number of aldehydes is 1. The van der Waals surface area contributed by atoms with Crippen molar-refractivity contribution in [2.45, 2.75) is 0 Å². The number of carbonyl (C=O) groups excluding carboxylic acids is 1. The van der Waals surface area contributed by atoms with Gasteiger partial charge in [0.25, 0.3) is 0 Å². The molecular formula is C25H20N4O2. The lowest BCUT2D eigenvalue weighted by Gasteiger charge is -2.15. The Bertz CT molecular complexity index is 1250. The quantitative estimate of drug-likeness (QED) is 0.239. The van der Waals surface area contributed by atoms with Gasteiger partial charge >= 0.3 is 0 Å². The summed E-state index contributed by atoms with van der Waals surface area (Å²) in [5.41, 5.74) is 16.1. The van der Waals surface area contributed by atoms with Gasteiger partial charge in [0.2, 0.25) is 0 Å². The van der Waals surface area contributed by atoms with Crippen molar-refractivity contribution in [3.63, 3.8) is 0 Å². The number of aromatic nitrogens is 1. The summed E-state index contributed by atoms with van der Waals surface area (Å²) in [5, 5.41) is 8.08. The molecule has 152 valence electrons. The van der Waals surface area contributed by atoms with E-state index in [-0.39, 0.29) is 11.5 Å². The Hall–Kier alpha value is -4.45. The highest BCUT2D eigenvalue weighted by Gasteiger charge is 2.17. The SMILES string of the molecule is N=C(N)c1c(-c2ccc(Oc3ccccc3)cc2)cnc(-c2cccc(C=O)c2)c1N. The molecule has 0 atom stereocenters. The topological polar surface area (TPSA) is 115 Å². The van der Waals surface area contributed by atoms with Crippen LogP contribution in [-0.2, 0) is 0 Å². The lowest BCUT2D eigenvalue weighted by atomic mass is 9.96. The summed E-state index contributed by atoms with van der Waals surface area (Å²) in [5.74, 6) is 1.27. The fraction of sp³-hybridized carbons (Fsp3) is 0. The van der Waals surface area contributed by atoms with Crippen LogP contribution in [0.2, 0.25) is 0 Å². The first-order valence-electron chi connectivity index (χ1n) is 9.58. The van der Waals surface area contributed by atoms with Gasteiger partial charge in [-0.25, -0.2) is 0 Å². The van der Waals surface area contributed by atoms with E-state index in [0.29, 0.717) is 33.7 Å². The van der Waals surface area contributed by atoms with Gasteiger partial charge < -0.3 is 16.2 Å². The van der Waals surface area contributed by atoms with Crippen LogP contribution in [-0.4, -0.2) is 17.1 Å². The van der Waals surface area contributed by atoms with Gasteiger partial charge in [0.05, 0.1) is 16.9 Å². The molecule has 6 heteroatoms. The van der Waals surface area contributed by atoms with Crippen LogP contribution in [0.4, 0.5) is 5.69 Å². The predicted octanol–water partition coefficient (Wildman–Crippen LogP) is 4.89. The Morgan fingerprint density at radius 2 is 1.61 bits per heavy atom. The second-order valence-corrected chi connectivity index (χ2v) is 6.91. The first kappa shape index (κ1) is 19.8. The normalized spacial score (nSPS) is 10.5. The number of carbonyl (C=O) groups is 1. The van der Waals surface area contributed by atoms with Gasteiger partial charge in [-0.1, -0.05) is 48.5 Å². The van der Waals surface area contributed by atoms with Crippen molar-refractivity contribution in [1.29, 1.82) is 5.41 Å². The third kappa shape index (κ3) is 4.13. The summed E-state index contributed by atoms with van der Waals surface area (Å²) in [6.45, 7) is 0. The van der Waals surface area contributed by atoms with E-state index in [1.54, 1.807) is 24.4 Å². The van der Waals surface area contributed by atoms with E-state index in [1.165, 1.54) is 0 Å². The molecule has 0 spiro atoms. The van der Waals surface area contributed by atoms with E-state index >= 15 is 0 Å². The number of hydrogen-bond donors (Lipinski definition) is 3. The molecular weight excluding hydrogens is 388 g/mol. The second kappa shape index (κ2) is 8.51. The van der Waals surface area contributed by atoms with E-state index in [0.717, 1.165) is 17.6 Å². The average molecular weight is 408 g/mol. The number of benzene rings is 3. The number of nitrogens with one attached hydrogen (secondary N) is 1. The van der Waals surface area contributed by atoms with E-state index in [1.807, 2.05) is 60.7 Å². The van der Waals surface area contributed by atoms with E-state index < -0.39 is 0 Å². The van der Waals surface area contributed by atoms with Crippen molar-refractivity contribution < 1.29 is 9.53 Å². The highest BCUT2D eigenvalue weighted by atomic mass is 16.5. The van der Waals surface area contributed by atoms with Crippen molar-refractivity contribution in [2.75, 3.05) is 5.73 Å². The second-order valence-electron chi connectivity index (χ2n) is 6.91. The summed E-state index contributed by atoms with van der Waals surface area (Å²) in [4.78, 5) is 15.6. The maximum Gasteiger partial charge on any atom is 0.150 e. The Labute approximate surface area is 179 Å². The molecule has 0 amide bonds. The van der Waals surface area contributed by atoms with Crippen LogP contribution in [0.25, 0.3) is 22.4 Å². The monoisotopic (exact) mass is 408 g/mol. The molecule has 5 N–H and O–H groups in total. The van der Waals surface area contributed by atoms with Gasteiger partial charge in [-0.05, 0) is 35.9 Å². The predicted molar refractivity (Wildman–Crippen MR) is 122 cm³/mol. The number of para-hydroxylation sites is 1. The van der Waals surface area contributed by atoms with Crippen molar-refractivity contribution in [1.82, 2.24) is 4.98 Å². The van der Waals surface area contributed by atoms with Crippen LogP contribution in [0.1, 0.15) is 15.9 Å². The first-order valence-corrected chi connectivity index (χ1v) is 9.58. The molecule has 1 heterocycles. The number of anilines is 1. The van der Waals surface area contributed by atoms with Crippen molar-refractivity contribution in [3.8, 4) is 33.9 Å². The highest BCUT2D eigenvalue weighted by molar-refractivity contribution is 6.08. The molecule has 0 radical (unpaired) electrons. The molecule has 0 aliphatic carbocycles. The number of nitrogens with zero attached hydrogens (tertiary/aromatic N) is 1. The van der Waals surface area contributed by atoms with Gasteiger partial charge in [0.15, 0.2) is 0 Å². The first-order chi connectivity index (χ1) is 15.1. The summed E-state index contributed by atoms with van der Waals surface area (Å²) in [6.07, 6.45) is 2.40. The third-order valence-corrected chi connectivity index (χ3v) is 4.83. The Balaban J connectivity index is 1.72. The lowest BCUT2D eigenvalue weighted by Crippen LogP contribution is -2.16. The minimum absolute atomic E-state index is 0.160. The smallest absolute Gasteiger partial charge is 0.150 e. The van der Waals surface area contributed by atoms with E-state index in [9.17, 15) is 4.79 Å². The lowest BCUT2D eigenvalue weighted by molar-refractivity contribution is 0.112. The summed E-state index contributed by atoms with van der Waals surface area (Å²) in [6, 6.07) is 23.9. The molecule has 0 aliphatic rings. The molecule has 4 aromatic rings. The van der Waals surface area contributed by atoms with E-state index in [4.69, 9.17) is 21.6 Å². The highest BCUT2D eigenvalue weighted by Crippen LogP contribution is 2.34. The number of nitrogen functional groups attached to an aromatic ring is 2. The maximum atomic E-state index is 11.1. The molecule has 1 aromatic heterocycles. The number of rotatable bonds is 6. The molecule has 4 rings (SSSR count). The number of hydrogen-bond acceptors (Lipinski definition) is 5. The Morgan fingerprint density at radius 1 is 0.903 bits per heavy atom. The maximum absolute atomic E-state index is 11.1. The number of ether oxygens (including phenoxy) is 1. The average Bonchev–Trinajstić information content (AvgIpc) is 2.80. The van der Waals surface area contributed by atoms with Crippen LogP contribution in [0.15, 0.2) is 85.1 Å². The molecule has 0 saturated carbocycles. The molecule has 0 aliphatic heterocycles. The zero-order valence-electron chi connectivity index (χ0n) is 16.6. The van der Waals surface area contributed by atoms with Crippen LogP contribution < -0.4 is 16.2 Å². The van der Waals surface area contributed by atoms with E-state index in [2.05, 4.69) is 4.98 Å². The largest absolute Gasteiger partial charge is 0.457 e. The molecule has 0 saturated heterocycles. The summed E-state index contributed by atoms with van der Waals surface area (Å²) >= 11 is 0. The minimum Gasteiger partial charge on any atom is -0.457 e. The van der Waals surface area contributed by atoms with Crippen molar-refractivity contribution >= 4 is 17.8 Å². The summed E-state index contributed by atoms with van der Waals surface area (Å²) < 4.78 is 5.83. The van der Waals surface area contributed by atoms with Gasteiger partial charge in [-0.2, -0.15) is 0 Å². The Kier molecular flexibility index (Phi) is 5.45. The van der Waals surface area contributed by atoms with Gasteiger partial charge in [0, 0.05) is 22.9 Å². The number of pyridine rings is 1. The van der Waals surface area contributed by atoms with Crippen LogP contribution in [0.5, 0.6) is 11.5 Å². The van der Waals surface area contributed by atoms with Gasteiger partial charge in [0.1, 0.15) is 23.6 Å². The third-order valence-electron chi connectivity index (χ3n) is 4.83. The van der Waals surface area contributed by atoms with Crippen LogP contribution in [0.3, 0.4) is 0 Å². The van der Waals surface area contributed by atoms with Crippen LogP contribution >= 0.6 is 0 Å². The van der Waals surface area contributed by atoms with Crippen LogP contribution in [0, 0.1) is 5.41 Å². The standard InChI is InChI=1S/C25H20N4O2/c26-23-22(25(27)28)21(14-29-24(23)18-6-4-5-16(13-18)15-30)17-9-11-20(12-10-17)31-19-7-2-1-3-8-19/h1-15H,26H2,(H3,27,28). The molecule has 3 aromatic carbocycles. The fourth-order valence-corrected chi connectivity index (χ4v) is 3.35. The zero-order chi connectivity index (χ0) is 21.8. The molecule has 0 unspecified atom stereocenters. The number of amidine groups is 1. The van der Waals surface area contributed by atoms with Gasteiger partial charge in [-0.15, -0.1) is 0 Å². The Morgan fingerprint density at radius 3 is 2.29 bits per heavy atom. The van der Waals surface area contributed by atoms with Crippen molar-refractivity contribution in [2.24, 2.45) is 5.73 Å². The number of nitrogens with two attached hydrogens (primary N) is 2. The zero-order valence-corrected chi connectivity index (χ0v) is 16.6. The molecule has 31 heavy (non-hydrogen) atoms. The summed E-state index contributed by atoms with van der Waals surface area (Å²) in [7, 11) is 0.